The Morgan fingerprint density at radius 2 is 1.89 bits per heavy atom. The molecule has 28 heavy (non-hydrogen) atoms. The number of rotatable bonds is 2. The molecule has 2 saturated carbocycles. The second-order valence-electron chi connectivity index (χ2n) is 9.60. The number of quaternary nitrogens is 1. The van der Waals surface area contributed by atoms with Gasteiger partial charge in [0.2, 0.25) is 0 Å². The molecule has 5 atom stereocenters. The van der Waals surface area contributed by atoms with Crippen LogP contribution in [0.25, 0.3) is 0 Å². The van der Waals surface area contributed by atoms with Gasteiger partial charge >= 0.3 is 0 Å². The van der Waals surface area contributed by atoms with Crippen LogP contribution in [0.3, 0.4) is 0 Å². The Morgan fingerprint density at radius 1 is 1.14 bits per heavy atom. The van der Waals surface area contributed by atoms with Crippen molar-refractivity contribution in [1.29, 1.82) is 5.41 Å². The standard InChI is InChI=1S/C23H30N5/c1-23(15-6-9-19(26)27-12-15)22-14-5-4-13(10-14)20(22)21-16(11-24)17(25)7-8-18(21)28(23,2)3/h6-9,11-14,20,22,24H,4-5,10,25H2,1-3H3,(H2,26,27)/q+1/t13-,14+,20-,22-,23?/m1/s1. The maximum atomic E-state index is 8.09. The minimum absolute atomic E-state index is 0.104. The zero-order valence-corrected chi connectivity index (χ0v) is 16.9. The highest BCUT2D eigenvalue weighted by atomic mass is 15.4. The van der Waals surface area contributed by atoms with Crippen LogP contribution in [0, 0.1) is 23.2 Å². The predicted octanol–water partition coefficient (Wildman–Crippen LogP) is 3.87. The molecule has 5 heteroatoms. The summed E-state index contributed by atoms with van der Waals surface area (Å²) >= 11 is 0. The number of nitrogen functional groups attached to an aromatic ring is 2. The molecule has 5 rings (SSSR count). The van der Waals surface area contributed by atoms with Gasteiger partial charge < -0.3 is 16.9 Å². The van der Waals surface area contributed by atoms with E-state index in [1.54, 1.807) is 0 Å². The summed E-state index contributed by atoms with van der Waals surface area (Å²) in [5.41, 5.74) is 17.7. The first-order chi connectivity index (χ1) is 13.3. The Morgan fingerprint density at radius 3 is 2.57 bits per heavy atom. The van der Waals surface area contributed by atoms with E-state index in [4.69, 9.17) is 16.9 Å². The van der Waals surface area contributed by atoms with Crippen molar-refractivity contribution in [3.8, 4) is 0 Å². The topological polar surface area (TPSA) is 88.8 Å². The van der Waals surface area contributed by atoms with Crippen LogP contribution in [0.1, 0.15) is 48.8 Å². The van der Waals surface area contributed by atoms with Gasteiger partial charge in [0.05, 0.1) is 14.1 Å². The number of nitrogens with two attached hydrogens (primary N) is 2. The van der Waals surface area contributed by atoms with Crippen molar-refractivity contribution in [1.82, 2.24) is 9.47 Å². The molecule has 0 radical (unpaired) electrons. The lowest BCUT2D eigenvalue weighted by Gasteiger charge is -2.58. The summed E-state index contributed by atoms with van der Waals surface area (Å²) in [6.45, 7) is 2.42. The molecule has 5 nitrogen and oxygen atoms in total. The van der Waals surface area contributed by atoms with Crippen molar-refractivity contribution >= 4 is 23.4 Å². The summed E-state index contributed by atoms with van der Waals surface area (Å²) in [6.07, 6.45) is 7.35. The van der Waals surface area contributed by atoms with Gasteiger partial charge in [0.1, 0.15) is 17.0 Å². The fourth-order valence-electron chi connectivity index (χ4n) is 7.00. The highest BCUT2D eigenvalue weighted by molar-refractivity contribution is 5.90. The summed E-state index contributed by atoms with van der Waals surface area (Å²) in [5.74, 6) is 2.94. The quantitative estimate of drug-likeness (QED) is 0.422. The zero-order chi connectivity index (χ0) is 19.8. The summed E-state index contributed by atoms with van der Waals surface area (Å²) in [7, 11) is 4.61. The minimum Gasteiger partial charge on any atom is -0.398 e. The second-order valence-corrected chi connectivity index (χ2v) is 9.60. The maximum absolute atomic E-state index is 8.09. The third-order valence-corrected chi connectivity index (χ3v) is 8.48. The summed E-state index contributed by atoms with van der Waals surface area (Å²) in [4.78, 5) is 4.46. The first-order valence-corrected chi connectivity index (χ1v) is 10.3. The lowest BCUT2D eigenvalue weighted by atomic mass is 9.59. The number of fused-ring (bicyclic) bond motifs is 7. The third kappa shape index (κ3) is 1.95. The normalized spacial score (nSPS) is 34.7. The molecule has 1 aliphatic heterocycles. The Kier molecular flexibility index (Phi) is 3.52. The number of hydrogen-bond donors (Lipinski definition) is 3. The molecule has 2 aliphatic carbocycles. The molecule has 2 bridgehead atoms. The van der Waals surface area contributed by atoms with Crippen LogP contribution in [0.2, 0.25) is 0 Å². The van der Waals surface area contributed by atoms with Crippen LogP contribution in [0.5, 0.6) is 0 Å². The number of aromatic nitrogens is 1. The van der Waals surface area contributed by atoms with Crippen LogP contribution in [0.15, 0.2) is 30.5 Å². The van der Waals surface area contributed by atoms with Gasteiger partial charge in [0.25, 0.3) is 0 Å². The molecule has 1 aromatic carbocycles. The van der Waals surface area contributed by atoms with Crippen LogP contribution in [0.4, 0.5) is 17.2 Å². The molecular formula is C23H30N5+. The van der Waals surface area contributed by atoms with Gasteiger partial charge in [0, 0.05) is 52.7 Å². The maximum Gasteiger partial charge on any atom is 0.137 e. The van der Waals surface area contributed by atoms with Crippen molar-refractivity contribution in [2.24, 2.45) is 17.8 Å². The summed E-state index contributed by atoms with van der Waals surface area (Å²) in [6, 6.07) is 8.28. The lowest BCUT2D eigenvalue weighted by Crippen LogP contribution is -2.65. The Bertz CT molecular complexity index is 964. The number of pyridine rings is 1. The van der Waals surface area contributed by atoms with Crippen molar-refractivity contribution in [3.05, 3.63) is 47.2 Å². The van der Waals surface area contributed by atoms with Gasteiger partial charge in [-0.3, -0.25) is 4.48 Å². The Balaban J connectivity index is 1.83. The number of nitrogens with zero attached hydrogens (tertiary/aromatic N) is 2. The van der Waals surface area contributed by atoms with E-state index in [9.17, 15) is 0 Å². The van der Waals surface area contributed by atoms with Crippen molar-refractivity contribution in [3.63, 3.8) is 0 Å². The minimum atomic E-state index is -0.104. The molecule has 5 N–H and O–H groups in total. The van der Waals surface area contributed by atoms with E-state index in [1.165, 1.54) is 42.3 Å². The number of hydrogen-bond acceptors (Lipinski definition) is 4. The molecule has 0 amide bonds. The van der Waals surface area contributed by atoms with Crippen LogP contribution in [-0.2, 0) is 5.54 Å². The smallest absolute Gasteiger partial charge is 0.137 e. The van der Waals surface area contributed by atoms with E-state index < -0.39 is 0 Å². The Hall–Kier alpha value is -2.40. The average Bonchev–Trinajstić information content (AvgIpc) is 3.28. The number of benzene rings is 1. The second kappa shape index (κ2) is 5.57. The van der Waals surface area contributed by atoms with Gasteiger partial charge in [-0.05, 0) is 56.2 Å². The third-order valence-electron chi connectivity index (χ3n) is 8.48. The fourth-order valence-corrected chi connectivity index (χ4v) is 7.00. The molecule has 3 aliphatic rings. The molecular weight excluding hydrogens is 346 g/mol. The summed E-state index contributed by atoms with van der Waals surface area (Å²) in [5, 5.41) is 8.09. The van der Waals surface area contributed by atoms with Gasteiger partial charge in [-0.2, -0.15) is 0 Å². The first kappa shape index (κ1) is 17.7. The fraction of sp³-hybridized carbons (Fsp3) is 0.478. The van der Waals surface area contributed by atoms with Crippen molar-refractivity contribution in [2.45, 2.75) is 37.6 Å². The van der Waals surface area contributed by atoms with E-state index in [-0.39, 0.29) is 5.54 Å². The van der Waals surface area contributed by atoms with E-state index in [0.29, 0.717) is 29.5 Å². The van der Waals surface area contributed by atoms with E-state index in [2.05, 4.69) is 38.1 Å². The SMILES string of the molecule is CC1(c2ccc(N)nc2)[C@@H]2[C@H]3CC[C@H](C3)[C@@H]2c2c(ccc(N)c2C=N)[N+]1(C)C. The van der Waals surface area contributed by atoms with Gasteiger partial charge in [-0.15, -0.1) is 0 Å². The number of nitrogens with one attached hydrogen (secondary N) is 1. The van der Waals surface area contributed by atoms with Crippen LogP contribution >= 0.6 is 0 Å². The van der Waals surface area contributed by atoms with Crippen LogP contribution in [-0.4, -0.2) is 25.3 Å². The largest absolute Gasteiger partial charge is 0.398 e. The van der Waals surface area contributed by atoms with Gasteiger partial charge in [-0.25, -0.2) is 4.98 Å². The number of anilines is 2. The Labute approximate surface area is 166 Å². The van der Waals surface area contributed by atoms with E-state index in [0.717, 1.165) is 15.7 Å². The molecule has 1 aromatic heterocycles. The van der Waals surface area contributed by atoms with E-state index >= 15 is 0 Å². The lowest BCUT2D eigenvalue weighted by molar-refractivity contribution is 0.0311. The van der Waals surface area contributed by atoms with Crippen molar-refractivity contribution < 1.29 is 0 Å². The molecule has 2 fully saturated rings. The molecule has 1 unspecified atom stereocenters. The monoisotopic (exact) mass is 376 g/mol. The molecule has 0 spiro atoms. The summed E-state index contributed by atoms with van der Waals surface area (Å²) < 4.78 is 0.736. The highest BCUT2D eigenvalue weighted by Crippen LogP contribution is 2.68. The average molecular weight is 377 g/mol. The zero-order valence-electron chi connectivity index (χ0n) is 16.9. The van der Waals surface area contributed by atoms with E-state index in [1.807, 2.05) is 18.3 Å². The first-order valence-electron chi connectivity index (χ1n) is 10.3. The highest BCUT2D eigenvalue weighted by Gasteiger charge is 2.66. The molecule has 0 saturated heterocycles. The predicted molar refractivity (Wildman–Crippen MR) is 115 cm³/mol. The molecule has 2 aromatic rings. The van der Waals surface area contributed by atoms with Crippen molar-refractivity contribution in [2.75, 3.05) is 25.6 Å². The molecule has 146 valence electrons. The van der Waals surface area contributed by atoms with Crippen LogP contribution < -0.4 is 16.0 Å². The van der Waals surface area contributed by atoms with Gasteiger partial charge in [-0.1, -0.05) is 0 Å². The molecule has 2 heterocycles. The van der Waals surface area contributed by atoms with Gasteiger partial charge in [0.15, 0.2) is 0 Å².